The third-order valence-corrected chi connectivity index (χ3v) is 3.27. The average Bonchev–Trinajstić information content (AvgIpc) is 2.97. The standard InChI is InChI=1S/C11H22.C2H6/c1-3-5-6-7-8-11(4-2)9-10-11;1-2/h3-10H2,1-2H3;1-2H3. The van der Waals surface area contributed by atoms with Crippen molar-refractivity contribution in [3.8, 4) is 0 Å². The van der Waals surface area contributed by atoms with Crippen molar-refractivity contribution >= 4 is 0 Å². The molecule has 0 heterocycles. The maximum atomic E-state index is 2.35. The van der Waals surface area contributed by atoms with Crippen LogP contribution in [0.5, 0.6) is 0 Å². The summed E-state index contributed by atoms with van der Waals surface area (Å²) in [6.07, 6.45) is 11.8. The Morgan fingerprint density at radius 2 is 1.54 bits per heavy atom. The van der Waals surface area contributed by atoms with E-state index >= 15 is 0 Å². The number of unbranched alkanes of at least 4 members (excludes halogenated alkanes) is 3. The monoisotopic (exact) mass is 184 g/mol. The topological polar surface area (TPSA) is 0 Å². The second-order valence-electron chi connectivity index (χ2n) is 4.16. The Hall–Kier alpha value is 0. The van der Waals surface area contributed by atoms with Gasteiger partial charge in [-0.25, -0.2) is 0 Å². The van der Waals surface area contributed by atoms with Gasteiger partial charge in [0.15, 0.2) is 0 Å². The molecule has 1 fully saturated rings. The van der Waals surface area contributed by atoms with Crippen molar-refractivity contribution in [2.75, 3.05) is 0 Å². The first-order valence-electron chi connectivity index (χ1n) is 6.33. The summed E-state index contributed by atoms with van der Waals surface area (Å²) in [6.45, 7) is 8.64. The zero-order valence-electron chi connectivity index (χ0n) is 10.2. The van der Waals surface area contributed by atoms with Gasteiger partial charge in [-0.3, -0.25) is 0 Å². The summed E-state index contributed by atoms with van der Waals surface area (Å²) in [5, 5.41) is 0. The molecule has 0 unspecified atom stereocenters. The first kappa shape index (κ1) is 13.0. The van der Waals surface area contributed by atoms with Gasteiger partial charge >= 0.3 is 0 Å². The van der Waals surface area contributed by atoms with Crippen LogP contribution in [0.4, 0.5) is 0 Å². The third kappa shape index (κ3) is 5.33. The zero-order chi connectivity index (χ0) is 10.2. The third-order valence-electron chi connectivity index (χ3n) is 3.27. The minimum Gasteiger partial charge on any atom is -0.0683 e. The van der Waals surface area contributed by atoms with Crippen molar-refractivity contribution in [1.29, 1.82) is 0 Å². The van der Waals surface area contributed by atoms with Crippen LogP contribution in [0, 0.1) is 5.41 Å². The van der Waals surface area contributed by atoms with Crippen molar-refractivity contribution in [1.82, 2.24) is 0 Å². The number of hydrogen-bond acceptors (Lipinski definition) is 0. The van der Waals surface area contributed by atoms with Crippen LogP contribution < -0.4 is 0 Å². The molecule has 0 nitrogen and oxygen atoms in total. The van der Waals surface area contributed by atoms with Crippen molar-refractivity contribution < 1.29 is 0 Å². The second kappa shape index (κ2) is 7.41. The molecule has 1 aliphatic carbocycles. The maximum Gasteiger partial charge on any atom is -0.0300 e. The molecule has 1 saturated carbocycles. The van der Waals surface area contributed by atoms with Gasteiger partial charge in [0.2, 0.25) is 0 Å². The van der Waals surface area contributed by atoms with E-state index in [9.17, 15) is 0 Å². The molecule has 0 bridgehead atoms. The molecular weight excluding hydrogens is 156 g/mol. The predicted octanol–water partition coefficient (Wildman–Crippen LogP) is 5.17. The number of hydrogen-bond donors (Lipinski definition) is 0. The first-order chi connectivity index (χ1) is 6.33. The van der Waals surface area contributed by atoms with Crippen molar-refractivity contribution in [2.45, 2.75) is 79.1 Å². The van der Waals surface area contributed by atoms with E-state index in [0.29, 0.717) is 0 Å². The molecule has 13 heavy (non-hydrogen) atoms. The van der Waals surface area contributed by atoms with Crippen LogP contribution in [-0.2, 0) is 0 Å². The van der Waals surface area contributed by atoms with Crippen LogP contribution >= 0.6 is 0 Å². The van der Waals surface area contributed by atoms with E-state index in [0.717, 1.165) is 5.41 Å². The van der Waals surface area contributed by atoms with Gasteiger partial charge in [0.25, 0.3) is 0 Å². The molecule has 0 aromatic rings. The van der Waals surface area contributed by atoms with E-state index in [1.807, 2.05) is 13.8 Å². The molecule has 1 rings (SSSR count). The van der Waals surface area contributed by atoms with Gasteiger partial charge in [-0.05, 0) is 24.7 Å². The van der Waals surface area contributed by atoms with E-state index in [4.69, 9.17) is 0 Å². The molecule has 0 radical (unpaired) electrons. The van der Waals surface area contributed by atoms with E-state index in [-0.39, 0.29) is 0 Å². The molecule has 0 aromatic heterocycles. The van der Waals surface area contributed by atoms with E-state index in [2.05, 4.69) is 13.8 Å². The normalized spacial score (nSPS) is 17.5. The van der Waals surface area contributed by atoms with E-state index in [1.165, 1.54) is 51.4 Å². The zero-order valence-corrected chi connectivity index (χ0v) is 10.2. The molecular formula is C13H28. The Kier molecular flexibility index (Phi) is 7.41. The smallest absolute Gasteiger partial charge is 0.0300 e. The van der Waals surface area contributed by atoms with Crippen molar-refractivity contribution in [3.05, 3.63) is 0 Å². The van der Waals surface area contributed by atoms with Crippen LogP contribution in [0.3, 0.4) is 0 Å². The molecule has 0 aliphatic heterocycles. The predicted molar refractivity (Wildman–Crippen MR) is 62.1 cm³/mol. The summed E-state index contributed by atoms with van der Waals surface area (Å²) >= 11 is 0. The molecule has 80 valence electrons. The average molecular weight is 184 g/mol. The molecule has 0 heteroatoms. The lowest BCUT2D eigenvalue weighted by Crippen LogP contribution is -1.97. The minimum absolute atomic E-state index is 0.841. The summed E-state index contributed by atoms with van der Waals surface area (Å²) in [6, 6.07) is 0. The van der Waals surface area contributed by atoms with Crippen molar-refractivity contribution in [2.24, 2.45) is 5.41 Å². The molecule has 1 aliphatic rings. The lowest BCUT2D eigenvalue weighted by Gasteiger charge is -2.10. The first-order valence-corrected chi connectivity index (χ1v) is 6.33. The Morgan fingerprint density at radius 1 is 0.923 bits per heavy atom. The highest BCUT2D eigenvalue weighted by Gasteiger charge is 2.39. The van der Waals surface area contributed by atoms with Gasteiger partial charge in [-0.1, -0.05) is 59.8 Å². The van der Waals surface area contributed by atoms with Gasteiger partial charge in [-0.2, -0.15) is 0 Å². The van der Waals surface area contributed by atoms with Crippen LogP contribution in [0.1, 0.15) is 79.1 Å². The van der Waals surface area contributed by atoms with Crippen molar-refractivity contribution in [3.63, 3.8) is 0 Å². The van der Waals surface area contributed by atoms with Crippen LogP contribution in [0.2, 0.25) is 0 Å². The highest BCUT2D eigenvalue weighted by molar-refractivity contribution is 4.91. The largest absolute Gasteiger partial charge is 0.0683 e. The van der Waals surface area contributed by atoms with Gasteiger partial charge in [-0.15, -0.1) is 0 Å². The molecule has 0 atom stereocenters. The molecule has 0 N–H and O–H groups in total. The summed E-state index contributed by atoms with van der Waals surface area (Å²) in [5.41, 5.74) is 0.841. The summed E-state index contributed by atoms with van der Waals surface area (Å²) in [4.78, 5) is 0. The maximum absolute atomic E-state index is 2.35. The van der Waals surface area contributed by atoms with Crippen LogP contribution in [-0.4, -0.2) is 0 Å². The van der Waals surface area contributed by atoms with Crippen LogP contribution in [0.25, 0.3) is 0 Å². The fourth-order valence-corrected chi connectivity index (χ4v) is 1.88. The molecule has 0 aromatic carbocycles. The van der Waals surface area contributed by atoms with Gasteiger partial charge < -0.3 is 0 Å². The molecule has 0 saturated heterocycles. The summed E-state index contributed by atoms with van der Waals surface area (Å²) in [7, 11) is 0. The minimum atomic E-state index is 0.841. The molecule has 0 amide bonds. The quantitative estimate of drug-likeness (QED) is 0.499. The van der Waals surface area contributed by atoms with Crippen LogP contribution in [0.15, 0.2) is 0 Å². The summed E-state index contributed by atoms with van der Waals surface area (Å²) < 4.78 is 0. The SMILES string of the molecule is CC.CCCCCCC1(CC)CC1. The Bertz CT molecular complexity index is 101. The van der Waals surface area contributed by atoms with Gasteiger partial charge in [0.05, 0.1) is 0 Å². The summed E-state index contributed by atoms with van der Waals surface area (Å²) in [5.74, 6) is 0. The number of rotatable bonds is 6. The second-order valence-corrected chi connectivity index (χ2v) is 4.16. The Morgan fingerprint density at radius 3 is 1.92 bits per heavy atom. The fraction of sp³-hybridized carbons (Fsp3) is 1.00. The van der Waals surface area contributed by atoms with Gasteiger partial charge in [0.1, 0.15) is 0 Å². The molecule has 0 spiro atoms. The highest BCUT2D eigenvalue weighted by Crippen LogP contribution is 2.52. The van der Waals surface area contributed by atoms with E-state index < -0.39 is 0 Å². The van der Waals surface area contributed by atoms with E-state index in [1.54, 1.807) is 0 Å². The highest BCUT2D eigenvalue weighted by atomic mass is 14.4. The fourth-order valence-electron chi connectivity index (χ4n) is 1.88. The lowest BCUT2D eigenvalue weighted by atomic mass is 9.95. The Balaban J connectivity index is 0.000000671. The lowest BCUT2D eigenvalue weighted by molar-refractivity contribution is 0.421. The Labute approximate surface area is 85.1 Å². The van der Waals surface area contributed by atoms with Gasteiger partial charge in [0, 0.05) is 0 Å².